The van der Waals surface area contributed by atoms with E-state index in [9.17, 15) is 4.79 Å². The van der Waals surface area contributed by atoms with Crippen molar-refractivity contribution in [3.8, 4) is 0 Å². The average Bonchev–Trinajstić information content (AvgIpc) is 2.49. The number of hydrogen-bond donors (Lipinski definition) is 2. The van der Waals surface area contributed by atoms with E-state index in [1.807, 2.05) is 36.4 Å². The number of rotatable bonds is 2. The third kappa shape index (κ3) is 2.83. The van der Waals surface area contributed by atoms with Gasteiger partial charge in [-0.15, -0.1) is 0 Å². The Morgan fingerprint density at radius 2 is 1.95 bits per heavy atom. The highest BCUT2D eigenvalue weighted by atomic mass is 16.1. The molecule has 2 aromatic rings. The first kappa shape index (κ1) is 13.1. The minimum absolute atomic E-state index is 0.0251. The van der Waals surface area contributed by atoms with Crippen LogP contribution in [0.5, 0.6) is 0 Å². The monoisotopic (exact) mass is 268 g/mol. The van der Waals surface area contributed by atoms with E-state index in [1.54, 1.807) is 0 Å². The molecular weight excluding hydrogens is 248 g/mol. The molecule has 1 saturated heterocycles. The Labute approximate surface area is 119 Å². The molecule has 0 aromatic heterocycles. The summed E-state index contributed by atoms with van der Waals surface area (Å²) in [6.07, 6.45) is 2.16. The molecule has 2 aromatic carbocycles. The zero-order valence-corrected chi connectivity index (χ0v) is 11.7. The van der Waals surface area contributed by atoms with Gasteiger partial charge in [0, 0.05) is 24.2 Å². The van der Waals surface area contributed by atoms with E-state index in [0.29, 0.717) is 6.04 Å². The van der Waals surface area contributed by atoms with Crippen molar-refractivity contribution in [1.82, 2.24) is 10.6 Å². The van der Waals surface area contributed by atoms with Crippen LogP contribution >= 0.6 is 0 Å². The van der Waals surface area contributed by atoms with Crippen molar-refractivity contribution in [2.45, 2.75) is 31.8 Å². The van der Waals surface area contributed by atoms with Gasteiger partial charge in [-0.05, 0) is 42.7 Å². The van der Waals surface area contributed by atoms with Gasteiger partial charge in [0.2, 0.25) is 0 Å². The van der Waals surface area contributed by atoms with Crippen LogP contribution in [0.2, 0.25) is 0 Å². The lowest BCUT2D eigenvalue weighted by molar-refractivity contribution is 0.0928. The molecular formula is C17H20N2O. The summed E-state index contributed by atoms with van der Waals surface area (Å²) >= 11 is 0. The molecule has 1 aliphatic heterocycles. The largest absolute Gasteiger partial charge is 0.348 e. The van der Waals surface area contributed by atoms with Gasteiger partial charge in [0.05, 0.1) is 0 Å². The van der Waals surface area contributed by atoms with E-state index >= 15 is 0 Å². The minimum atomic E-state index is 0.0251. The summed E-state index contributed by atoms with van der Waals surface area (Å²) in [6, 6.07) is 14.8. The Hall–Kier alpha value is -1.87. The number of piperidine rings is 1. The van der Waals surface area contributed by atoms with E-state index in [1.165, 1.54) is 0 Å². The molecule has 0 spiro atoms. The summed E-state index contributed by atoms with van der Waals surface area (Å²) in [6.45, 7) is 3.04. The minimum Gasteiger partial charge on any atom is -0.348 e. The van der Waals surface area contributed by atoms with Crippen LogP contribution in [0.25, 0.3) is 10.8 Å². The molecule has 2 N–H and O–H groups in total. The van der Waals surface area contributed by atoms with Gasteiger partial charge in [0.1, 0.15) is 0 Å². The molecule has 3 rings (SSSR count). The first-order valence-corrected chi connectivity index (χ1v) is 7.25. The highest BCUT2D eigenvalue weighted by molar-refractivity contribution is 5.98. The lowest BCUT2D eigenvalue weighted by atomic mass is 10.0. The maximum atomic E-state index is 12.3. The lowest BCUT2D eigenvalue weighted by Crippen LogP contribution is -2.48. The molecule has 2 atom stereocenters. The number of hydrogen-bond acceptors (Lipinski definition) is 2. The number of carbonyl (C=O) groups is 1. The maximum Gasteiger partial charge on any atom is 0.251 e. The van der Waals surface area contributed by atoms with Crippen molar-refractivity contribution in [3.63, 3.8) is 0 Å². The van der Waals surface area contributed by atoms with E-state index in [-0.39, 0.29) is 11.9 Å². The molecule has 1 fully saturated rings. The van der Waals surface area contributed by atoms with Crippen LogP contribution in [-0.4, -0.2) is 24.5 Å². The molecule has 104 valence electrons. The van der Waals surface area contributed by atoms with Crippen molar-refractivity contribution in [2.75, 3.05) is 6.54 Å². The Morgan fingerprint density at radius 1 is 1.15 bits per heavy atom. The molecule has 20 heavy (non-hydrogen) atoms. The van der Waals surface area contributed by atoms with E-state index < -0.39 is 0 Å². The van der Waals surface area contributed by atoms with Crippen LogP contribution in [0.4, 0.5) is 0 Å². The molecule has 1 aliphatic rings. The van der Waals surface area contributed by atoms with Gasteiger partial charge in [0.25, 0.3) is 5.91 Å². The van der Waals surface area contributed by atoms with Crippen LogP contribution in [0.3, 0.4) is 0 Å². The second-order valence-electron chi connectivity index (χ2n) is 5.62. The predicted octanol–water partition coefficient (Wildman–Crippen LogP) is 2.71. The normalized spacial score (nSPS) is 22.6. The summed E-state index contributed by atoms with van der Waals surface area (Å²) in [5, 5.41) is 8.79. The summed E-state index contributed by atoms with van der Waals surface area (Å²) in [5.41, 5.74) is 0.738. The average molecular weight is 268 g/mol. The van der Waals surface area contributed by atoms with E-state index in [2.05, 4.69) is 23.6 Å². The van der Waals surface area contributed by atoms with Gasteiger partial charge < -0.3 is 10.6 Å². The Balaban J connectivity index is 1.72. The maximum absolute atomic E-state index is 12.3. The third-order valence-corrected chi connectivity index (χ3v) is 4.01. The molecule has 0 aliphatic carbocycles. The zero-order valence-electron chi connectivity index (χ0n) is 11.7. The fourth-order valence-corrected chi connectivity index (χ4v) is 2.72. The van der Waals surface area contributed by atoms with E-state index in [0.717, 1.165) is 35.7 Å². The van der Waals surface area contributed by atoms with Crippen LogP contribution in [0, 0.1) is 0 Å². The molecule has 1 heterocycles. The Morgan fingerprint density at radius 3 is 2.70 bits per heavy atom. The smallest absolute Gasteiger partial charge is 0.251 e. The van der Waals surface area contributed by atoms with Crippen LogP contribution < -0.4 is 10.6 Å². The SMILES string of the molecule is CC1CCC(NC(=O)c2ccc3ccccc3c2)CN1. The molecule has 0 saturated carbocycles. The quantitative estimate of drug-likeness (QED) is 0.879. The highest BCUT2D eigenvalue weighted by Crippen LogP contribution is 2.16. The number of fused-ring (bicyclic) bond motifs is 1. The topological polar surface area (TPSA) is 41.1 Å². The Kier molecular flexibility index (Phi) is 3.70. The molecule has 2 unspecified atom stereocenters. The van der Waals surface area contributed by atoms with E-state index in [4.69, 9.17) is 0 Å². The van der Waals surface area contributed by atoms with Gasteiger partial charge in [-0.1, -0.05) is 30.3 Å². The highest BCUT2D eigenvalue weighted by Gasteiger charge is 2.19. The number of benzene rings is 2. The first-order valence-electron chi connectivity index (χ1n) is 7.25. The van der Waals surface area contributed by atoms with Crippen LogP contribution in [0.1, 0.15) is 30.1 Å². The van der Waals surface area contributed by atoms with Gasteiger partial charge in [-0.3, -0.25) is 4.79 Å². The number of nitrogens with one attached hydrogen (secondary N) is 2. The van der Waals surface area contributed by atoms with Gasteiger partial charge in [-0.2, -0.15) is 0 Å². The summed E-state index contributed by atoms with van der Waals surface area (Å²) in [7, 11) is 0. The van der Waals surface area contributed by atoms with Crippen molar-refractivity contribution in [3.05, 3.63) is 48.0 Å². The van der Waals surface area contributed by atoms with Gasteiger partial charge in [-0.25, -0.2) is 0 Å². The first-order chi connectivity index (χ1) is 9.72. The molecule has 1 amide bonds. The number of carbonyl (C=O) groups excluding carboxylic acids is 1. The second-order valence-corrected chi connectivity index (χ2v) is 5.62. The molecule has 3 nitrogen and oxygen atoms in total. The van der Waals surface area contributed by atoms with Crippen LogP contribution in [0.15, 0.2) is 42.5 Å². The third-order valence-electron chi connectivity index (χ3n) is 4.01. The van der Waals surface area contributed by atoms with Gasteiger partial charge in [0.15, 0.2) is 0 Å². The summed E-state index contributed by atoms with van der Waals surface area (Å²) in [5.74, 6) is 0.0251. The van der Waals surface area contributed by atoms with Crippen molar-refractivity contribution >= 4 is 16.7 Å². The van der Waals surface area contributed by atoms with Crippen molar-refractivity contribution in [1.29, 1.82) is 0 Å². The predicted molar refractivity (Wildman–Crippen MR) is 81.9 cm³/mol. The number of amides is 1. The molecule has 0 bridgehead atoms. The van der Waals surface area contributed by atoms with Crippen molar-refractivity contribution in [2.24, 2.45) is 0 Å². The van der Waals surface area contributed by atoms with Gasteiger partial charge >= 0.3 is 0 Å². The summed E-state index contributed by atoms with van der Waals surface area (Å²) in [4.78, 5) is 12.3. The molecule has 3 heteroatoms. The zero-order chi connectivity index (χ0) is 13.9. The molecule has 0 radical (unpaired) electrons. The van der Waals surface area contributed by atoms with Crippen LogP contribution in [-0.2, 0) is 0 Å². The fraction of sp³-hybridized carbons (Fsp3) is 0.353. The second kappa shape index (κ2) is 5.63. The lowest BCUT2D eigenvalue weighted by Gasteiger charge is -2.28. The summed E-state index contributed by atoms with van der Waals surface area (Å²) < 4.78 is 0. The fourth-order valence-electron chi connectivity index (χ4n) is 2.72. The Bertz CT molecular complexity index is 615. The standard InChI is InChI=1S/C17H20N2O/c1-12-6-9-16(11-18-12)19-17(20)15-8-7-13-4-2-3-5-14(13)10-15/h2-5,7-8,10,12,16,18H,6,9,11H2,1H3,(H,19,20). The van der Waals surface area contributed by atoms with Crippen molar-refractivity contribution < 1.29 is 4.79 Å².